The minimum Gasteiger partial charge on any atom is -0.492 e. The zero-order valence-electron chi connectivity index (χ0n) is 10.5. The average molecular weight is 301 g/mol. The molecule has 0 saturated heterocycles. The Morgan fingerprint density at radius 3 is 2.41 bits per heavy atom. The summed E-state index contributed by atoms with van der Waals surface area (Å²) in [5.41, 5.74) is 1.06. The third-order valence-corrected chi connectivity index (χ3v) is 3.02. The molecule has 0 aliphatic heterocycles. The van der Waals surface area contributed by atoms with Crippen LogP contribution in [0.4, 0.5) is 0 Å². The summed E-state index contributed by atoms with van der Waals surface area (Å²) in [6.45, 7) is 8.39. The summed E-state index contributed by atoms with van der Waals surface area (Å²) in [7, 11) is 0. The number of benzene rings is 1. The molecule has 17 heavy (non-hydrogen) atoms. The van der Waals surface area contributed by atoms with Gasteiger partial charge in [0, 0.05) is 0 Å². The van der Waals surface area contributed by atoms with E-state index >= 15 is 0 Å². The van der Waals surface area contributed by atoms with Crippen molar-refractivity contribution in [3.05, 3.63) is 27.7 Å². The van der Waals surface area contributed by atoms with Crippen molar-refractivity contribution in [3.8, 4) is 5.75 Å². The van der Waals surface area contributed by atoms with E-state index in [0.29, 0.717) is 16.8 Å². The van der Waals surface area contributed by atoms with Crippen LogP contribution in [0, 0.1) is 0 Å². The van der Waals surface area contributed by atoms with Crippen molar-refractivity contribution in [3.63, 3.8) is 0 Å². The van der Waals surface area contributed by atoms with Gasteiger partial charge in [-0.25, -0.2) is 4.79 Å². The van der Waals surface area contributed by atoms with Crippen LogP contribution in [0.15, 0.2) is 16.6 Å². The number of hydrogen-bond acceptors (Lipinski definition) is 2. The fourth-order valence-corrected chi connectivity index (χ4v) is 2.05. The molecule has 0 spiro atoms. The van der Waals surface area contributed by atoms with Crippen LogP contribution in [-0.2, 0) is 5.41 Å². The molecule has 1 rings (SSSR count). The Kier molecular flexibility index (Phi) is 4.20. The van der Waals surface area contributed by atoms with Crippen molar-refractivity contribution in [1.82, 2.24) is 0 Å². The number of carboxylic acid groups (broad SMARTS) is 1. The van der Waals surface area contributed by atoms with Crippen LogP contribution in [0.1, 0.15) is 43.6 Å². The van der Waals surface area contributed by atoms with E-state index in [9.17, 15) is 9.90 Å². The first-order valence-corrected chi connectivity index (χ1v) is 6.26. The van der Waals surface area contributed by atoms with Gasteiger partial charge in [0.1, 0.15) is 11.3 Å². The van der Waals surface area contributed by atoms with E-state index in [1.807, 2.05) is 33.8 Å². The van der Waals surface area contributed by atoms with E-state index in [1.165, 1.54) is 0 Å². The molecule has 0 aromatic heterocycles. The van der Waals surface area contributed by atoms with Crippen molar-refractivity contribution < 1.29 is 14.6 Å². The van der Waals surface area contributed by atoms with Gasteiger partial charge in [-0.05, 0) is 46.0 Å². The molecular weight excluding hydrogens is 284 g/mol. The molecule has 0 fully saturated rings. The van der Waals surface area contributed by atoms with Crippen molar-refractivity contribution in [1.29, 1.82) is 0 Å². The molecule has 0 unspecified atom stereocenters. The summed E-state index contributed by atoms with van der Waals surface area (Å²) < 4.78 is 6.05. The van der Waals surface area contributed by atoms with Gasteiger partial charge < -0.3 is 9.84 Å². The second-order valence-electron chi connectivity index (χ2n) is 4.82. The second-order valence-corrected chi connectivity index (χ2v) is 5.68. The highest BCUT2D eigenvalue weighted by molar-refractivity contribution is 9.10. The summed E-state index contributed by atoms with van der Waals surface area (Å²) in [6.07, 6.45) is 0. The highest BCUT2D eigenvalue weighted by atomic mass is 79.9. The van der Waals surface area contributed by atoms with E-state index in [0.717, 1.165) is 5.56 Å². The maximum Gasteiger partial charge on any atom is 0.339 e. The third kappa shape index (κ3) is 3.22. The average Bonchev–Trinajstić information content (AvgIpc) is 2.18. The smallest absolute Gasteiger partial charge is 0.339 e. The second kappa shape index (κ2) is 5.08. The molecule has 1 aromatic rings. The van der Waals surface area contributed by atoms with E-state index in [4.69, 9.17) is 4.74 Å². The number of carbonyl (C=O) groups is 1. The maximum atomic E-state index is 11.2. The molecule has 0 atom stereocenters. The van der Waals surface area contributed by atoms with Gasteiger partial charge in [0.15, 0.2) is 0 Å². The van der Waals surface area contributed by atoms with Crippen LogP contribution in [0.5, 0.6) is 5.75 Å². The van der Waals surface area contributed by atoms with Gasteiger partial charge in [0.25, 0.3) is 0 Å². The van der Waals surface area contributed by atoms with Crippen LogP contribution >= 0.6 is 15.9 Å². The molecule has 1 aromatic carbocycles. The number of rotatable bonds is 3. The van der Waals surface area contributed by atoms with Crippen LogP contribution in [0.2, 0.25) is 0 Å². The fraction of sp³-hybridized carbons (Fsp3) is 0.462. The van der Waals surface area contributed by atoms with E-state index in [-0.39, 0.29) is 11.0 Å². The predicted molar refractivity (Wildman–Crippen MR) is 71.0 cm³/mol. The number of ether oxygens (including phenoxy) is 1. The van der Waals surface area contributed by atoms with Crippen molar-refractivity contribution in [2.24, 2.45) is 0 Å². The predicted octanol–water partition coefficient (Wildman–Crippen LogP) is 3.84. The third-order valence-electron chi connectivity index (χ3n) is 2.43. The van der Waals surface area contributed by atoms with Gasteiger partial charge >= 0.3 is 5.97 Å². The van der Waals surface area contributed by atoms with E-state index in [2.05, 4.69) is 15.9 Å². The Labute approximate surface area is 110 Å². The summed E-state index contributed by atoms with van der Waals surface area (Å²) in [5.74, 6) is -0.576. The highest BCUT2D eigenvalue weighted by Crippen LogP contribution is 2.35. The first-order valence-electron chi connectivity index (χ1n) is 5.47. The summed E-state index contributed by atoms with van der Waals surface area (Å²) in [6, 6.07) is 3.59. The molecule has 94 valence electrons. The lowest BCUT2D eigenvalue weighted by molar-refractivity contribution is 0.0692. The Hall–Kier alpha value is -1.03. The summed E-state index contributed by atoms with van der Waals surface area (Å²) in [4.78, 5) is 11.2. The lowest BCUT2D eigenvalue weighted by atomic mass is 9.86. The van der Waals surface area contributed by atoms with Crippen LogP contribution < -0.4 is 4.74 Å². The van der Waals surface area contributed by atoms with Gasteiger partial charge in [0.05, 0.1) is 11.1 Å². The number of carboxylic acids is 1. The molecule has 0 amide bonds. The molecule has 0 bridgehead atoms. The maximum absolute atomic E-state index is 11.2. The molecular formula is C13H17BrO3. The van der Waals surface area contributed by atoms with E-state index in [1.54, 1.807) is 6.07 Å². The molecule has 1 N–H and O–H groups in total. The number of aromatic carboxylic acids is 1. The normalized spacial score (nSPS) is 11.4. The monoisotopic (exact) mass is 300 g/mol. The Morgan fingerprint density at radius 2 is 2.00 bits per heavy atom. The molecule has 3 nitrogen and oxygen atoms in total. The lowest BCUT2D eigenvalue weighted by Crippen LogP contribution is -2.14. The Bertz CT molecular complexity index is 433. The summed E-state index contributed by atoms with van der Waals surface area (Å²) in [5, 5.41) is 9.21. The minimum absolute atomic E-state index is 0.0997. The largest absolute Gasteiger partial charge is 0.492 e. The standard InChI is InChI=1S/C13H17BrO3/c1-5-17-11-9(12(15)16)6-8(7-10(11)14)13(2,3)4/h6-7H,5H2,1-4H3,(H,15,16). The molecule has 0 heterocycles. The molecule has 4 heteroatoms. The van der Waals surface area contributed by atoms with Gasteiger partial charge in [-0.15, -0.1) is 0 Å². The van der Waals surface area contributed by atoms with Gasteiger partial charge in [-0.1, -0.05) is 20.8 Å². The molecule has 0 aliphatic rings. The zero-order chi connectivity index (χ0) is 13.2. The van der Waals surface area contributed by atoms with E-state index < -0.39 is 5.97 Å². The fourth-order valence-electron chi connectivity index (χ4n) is 1.48. The highest BCUT2D eigenvalue weighted by Gasteiger charge is 2.21. The van der Waals surface area contributed by atoms with Gasteiger partial charge in [0.2, 0.25) is 0 Å². The number of hydrogen-bond donors (Lipinski definition) is 1. The van der Waals surface area contributed by atoms with Crippen LogP contribution in [0.25, 0.3) is 0 Å². The minimum atomic E-state index is -0.972. The van der Waals surface area contributed by atoms with Crippen LogP contribution in [0.3, 0.4) is 0 Å². The zero-order valence-corrected chi connectivity index (χ0v) is 12.1. The quantitative estimate of drug-likeness (QED) is 0.922. The van der Waals surface area contributed by atoms with Crippen molar-refractivity contribution >= 4 is 21.9 Å². The number of halogens is 1. The van der Waals surface area contributed by atoms with Crippen molar-refractivity contribution in [2.45, 2.75) is 33.1 Å². The first kappa shape index (κ1) is 14.0. The Balaban J connectivity index is 3.41. The van der Waals surface area contributed by atoms with Gasteiger partial charge in [-0.2, -0.15) is 0 Å². The SMILES string of the molecule is CCOc1c(Br)cc(C(C)(C)C)cc1C(=O)O. The molecule has 0 radical (unpaired) electrons. The summed E-state index contributed by atoms with van der Waals surface area (Å²) >= 11 is 3.37. The lowest BCUT2D eigenvalue weighted by Gasteiger charge is -2.21. The molecule has 0 saturated carbocycles. The Morgan fingerprint density at radius 1 is 1.41 bits per heavy atom. The topological polar surface area (TPSA) is 46.5 Å². The van der Waals surface area contributed by atoms with Crippen molar-refractivity contribution in [2.75, 3.05) is 6.61 Å². The first-order chi connectivity index (χ1) is 7.77. The van der Waals surface area contributed by atoms with Crippen LogP contribution in [-0.4, -0.2) is 17.7 Å². The van der Waals surface area contributed by atoms with Gasteiger partial charge in [-0.3, -0.25) is 0 Å². The molecule has 0 aliphatic carbocycles.